The van der Waals surface area contributed by atoms with Gasteiger partial charge in [-0.05, 0) is 32.4 Å². The highest BCUT2D eigenvalue weighted by atomic mass is 16.5. The standard InChI is InChI=1S/C12H18N2O2/c1-4-16-12(15)10(3)13-8-11-6-5-9(2)7-14-11/h5-7,10,13H,4,8H2,1-3H3. The Morgan fingerprint density at radius 2 is 2.31 bits per heavy atom. The topological polar surface area (TPSA) is 51.2 Å². The van der Waals surface area contributed by atoms with Crippen LogP contribution in [-0.4, -0.2) is 23.6 Å². The van der Waals surface area contributed by atoms with Crippen LogP contribution in [0.25, 0.3) is 0 Å². The number of aryl methyl sites for hydroxylation is 1. The molecule has 0 aliphatic rings. The van der Waals surface area contributed by atoms with E-state index in [1.165, 1.54) is 0 Å². The van der Waals surface area contributed by atoms with Gasteiger partial charge in [0.15, 0.2) is 0 Å². The quantitative estimate of drug-likeness (QED) is 0.766. The van der Waals surface area contributed by atoms with E-state index < -0.39 is 0 Å². The smallest absolute Gasteiger partial charge is 0.322 e. The van der Waals surface area contributed by atoms with Gasteiger partial charge in [0.25, 0.3) is 0 Å². The van der Waals surface area contributed by atoms with Crippen LogP contribution in [0.3, 0.4) is 0 Å². The molecule has 0 spiro atoms. The number of aromatic nitrogens is 1. The van der Waals surface area contributed by atoms with Crippen molar-refractivity contribution in [3.63, 3.8) is 0 Å². The SMILES string of the molecule is CCOC(=O)C(C)NCc1ccc(C)cn1. The minimum atomic E-state index is -0.303. The summed E-state index contributed by atoms with van der Waals surface area (Å²) in [4.78, 5) is 15.6. The number of nitrogens with one attached hydrogen (secondary N) is 1. The first kappa shape index (κ1) is 12.6. The van der Waals surface area contributed by atoms with Crippen LogP contribution in [0.2, 0.25) is 0 Å². The molecular formula is C12H18N2O2. The summed E-state index contributed by atoms with van der Waals surface area (Å²) in [6.45, 7) is 6.55. The van der Waals surface area contributed by atoms with Gasteiger partial charge in [-0.25, -0.2) is 0 Å². The van der Waals surface area contributed by atoms with Gasteiger partial charge in [0.05, 0.1) is 12.3 Å². The minimum Gasteiger partial charge on any atom is -0.465 e. The van der Waals surface area contributed by atoms with E-state index in [2.05, 4.69) is 10.3 Å². The molecule has 88 valence electrons. The summed E-state index contributed by atoms with van der Waals surface area (Å²) in [5, 5.41) is 3.07. The molecule has 0 bridgehead atoms. The van der Waals surface area contributed by atoms with Crippen LogP contribution in [-0.2, 0) is 16.1 Å². The molecule has 4 nitrogen and oxygen atoms in total. The van der Waals surface area contributed by atoms with Gasteiger partial charge in [-0.1, -0.05) is 6.07 Å². The monoisotopic (exact) mass is 222 g/mol. The van der Waals surface area contributed by atoms with Crippen LogP contribution in [0.4, 0.5) is 0 Å². The van der Waals surface area contributed by atoms with Gasteiger partial charge in [-0.15, -0.1) is 0 Å². The number of hydrogen-bond donors (Lipinski definition) is 1. The Morgan fingerprint density at radius 3 is 2.88 bits per heavy atom. The molecule has 0 amide bonds. The van der Waals surface area contributed by atoms with Gasteiger partial charge in [0.2, 0.25) is 0 Å². The van der Waals surface area contributed by atoms with Crippen molar-refractivity contribution in [3.05, 3.63) is 29.6 Å². The average Bonchev–Trinajstić information content (AvgIpc) is 2.28. The highest BCUT2D eigenvalue weighted by Gasteiger charge is 2.12. The maximum Gasteiger partial charge on any atom is 0.322 e. The number of carbonyl (C=O) groups is 1. The molecule has 1 atom stereocenters. The minimum absolute atomic E-state index is 0.227. The van der Waals surface area contributed by atoms with Gasteiger partial charge in [0.1, 0.15) is 6.04 Å². The van der Waals surface area contributed by atoms with E-state index in [-0.39, 0.29) is 12.0 Å². The van der Waals surface area contributed by atoms with Crippen LogP contribution in [0, 0.1) is 6.92 Å². The molecule has 1 N–H and O–H groups in total. The molecule has 4 heteroatoms. The fourth-order valence-corrected chi connectivity index (χ4v) is 1.21. The fourth-order valence-electron chi connectivity index (χ4n) is 1.21. The van der Waals surface area contributed by atoms with Gasteiger partial charge in [-0.2, -0.15) is 0 Å². The highest BCUT2D eigenvalue weighted by molar-refractivity contribution is 5.75. The molecule has 0 aliphatic carbocycles. The van der Waals surface area contributed by atoms with Crippen molar-refractivity contribution in [2.45, 2.75) is 33.4 Å². The third kappa shape index (κ3) is 3.98. The number of rotatable bonds is 5. The summed E-state index contributed by atoms with van der Waals surface area (Å²) in [7, 11) is 0. The third-order valence-electron chi connectivity index (χ3n) is 2.20. The van der Waals surface area contributed by atoms with Crippen molar-refractivity contribution in [3.8, 4) is 0 Å². The second-order valence-electron chi connectivity index (χ2n) is 3.68. The lowest BCUT2D eigenvalue weighted by Crippen LogP contribution is -2.35. The molecule has 1 aromatic heterocycles. The maximum atomic E-state index is 11.3. The summed E-state index contributed by atoms with van der Waals surface area (Å²) in [5.74, 6) is -0.227. The molecule has 0 aromatic carbocycles. The van der Waals surface area contributed by atoms with Crippen molar-refractivity contribution in [1.29, 1.82) is 0 Å². The normalized spacial score (nSPS) is 12.2. The van der Waals surface area contributed by atoms with Crippen molar-refractivity contribution >= 4 is 5.97 Å². The number of pyridine rings is 1. The predicted molar refractivity (Wildman–Crippen MR) is 61.9 cm³/mol. The molecule has 0 radical (unpaired) electrons. The largest absolute Gasteiger partial charge is 0.465 e. The summed E-state index contributed by atoms with van der Waals surface area (Å²) in [6.07, 6.45) is 1.81. The van der Waals surface area contributed by atoms with E-state index in [9.17, 15) is 4.79 Å². The van der Waals surface area contributed by atoms with Crippen LogP contribution in [0.5, 0.6) is 0 Å². The Balaban J connectivity index is 2.39. The first-order valence-electron chi connectivity index (χ1n) is 5.45. The van der Waals surface area contributed by atoms with E-state index in [0.29, 0.717) is 13.2 Å². The van der Waals surface area contributed by atoms with Crippen LogP contribution in [0.15, 0.2) is 18.3 Å². The van der Waals surface area contributed by atoms with E-state index in [4.69, 9.17) is 4.74 Å². The second-order valence-corrected chi connectivity index (χ2v) is 3.68. The van der Waals surface area contributed by atoms with Gasteiger partial charge in [0, 0.05) is 12.7 Å². The van der Waals surface area contributed by atoms with Crippen molar-refractivity contribution in [2.24, 2.45) is 0 Å². The van der Waals surface area contributed by atoms with E-state index in [1.54, 1.807) is 13.8 Å². The Labute approximate surface area is 96.0 Å². The van der Waals surface area contributed by atoms with Crippen LogP contribution in [0.1, 0.15) is 25.1 Å². The Hall–Kier alpha value is -1.42. The zero-order chi connectivity index (χ0) is 12.0. The number of carbonyl (C=O) groups excluding carboxylic acids is 1. The lowest BCUT2D eigenvalue weighted by molar-refractivity contribution is -0.145. The van der Waals surface area contributed by atoms with Crippen molar-refractivity contribution in [2.75, 3.05) is 6.61 Å². The first-order valence-corrected chi connectivity index (χ1v) is 5.45. The van der Waals surface area contributed by atoms with E-state index in [1.807, 2.05) is 25.3 Å². The Kier molecular flexibility index (Phi) is 4.92. The first-order chi connectivity index (χ1) is 7.63. The fraction of sp³-hybridized carbons (Fsp3) is 0.500. The van der Waals surface area contributed by atoms with Crippen molar-refractivity contribution < 1.29 is 9.53 Å². The van der Waals surface area contributed by atoms with Gasteiger partial charge >= 0.3 is 5.97 Å². The van der Waals surface area contributed by atoms with E-state index >= 15 is 0 Å². The average molecular weight is 222 g/mol. The lowest BCUT2D eigenvalue weighted by Gasteiger charge is -2.11. The summed E-state index contributed by atoms with van der Waals surface area (Å²) >= 11 is 0. The molecule has 0 fully saturated rings. The molecule has 0 saturated heterocycles. The zero-order valence-electron chi connectivity index (χ0n) is 9.99. The highest BCUT2D eigenvalue weighted by Crippen LogP contribution is 1.99. The van der Waals surface area contributed by atoms with Gasteiger partial charge < -0.3 is 4.74 Å². The summed E-state index contributed by atoms with van der Waals surface area (Å²) in [6, 6.07) is 3.64. The Morgan fingerprint density at radius 1 is 1.56 bits per heavy atom. The molecule has 1 aromatic rings. The molecule has 16 heavy (non-hydrogen) atoms. The lowest BCUT2D eigenvalue weighted by atomic mass is 10.2. The summed E-state index contributed by atoms with van der Waals surface area (Å²) < 4.78 is 4.89. The molecule has 0 saturated carbocycles. The predicted octanol–water partition coefficient (Wildman–Crippen LogP) is 1.43. The molecule has 1 heterocycles. The maximum absolute atomic E-state index is 11.3. The molecule has 0 aliphatic heterocycles. The second kappa shape index (κ2) is 6.23. The summed E-state index contributed by atoms with van der Waals surface area (Å²) in [5.41, 5.74) is 2.05. The Bertz CT molecular complexity index is 335. The number of nitrogens with zero attached hydrogens (tertiary/aromatic N) is 1. The third-order valence-corrected chi connectivity index (χ3v) is 2.20. The van der Waals surface area contributed by atoms with Gasteiger partial charge in [-0.3, -0.25) is 15.1 Å². The number of esters is 1. The molecule has 1 unspecified atom stereocenters. The van der Waals surface area contributed by atoms with E-state index in [0.717, 1.165) is 11.3 Å². The van der Waals surface area contributed by atoms with Crippen molar-refractivity contribution in [1.82, 2.24) is 10.3 Å². The number of ether oxygens (including phenoxy) is 1. The molecular weight excluding hydrogens is 204 g/mol. The molecule has 1 rings (SSSR count). The zero-order valence-corrected chi connectivity index (χ0v) is 9.99. The van der Waals surface area contributed by atoms with Crippen LogP contribution >= 0.6 is 0 Å². The number of hydrogen-bond acceptors (Lipinski definition) is 4. The van der Waals surface area contributed by atoms with Crippen LogP contribution < -0.4 is 5.32 Å².